The molecule has 0 radical (unpaired) electrons. The highest BCUT2D eigenvalue weighted by atomic mass is 16.3. The third-order valence-electron chi connectivity index (χ3n) is 12.6. The smallest absolute Gasteiger partial charge is 0.161 e. The van der Waals surface area contributed by atoms with E-state index in [4.69, 9.17) is 14.4 Å². The van der Waals surface area contributed by atoms with Crippen molar-refractivity contribution >= 4 is 21.9 Å². The summed E-state index contributed by atoms with van der Waals surface area (Å²) in [5.74, 6) is 0.653. The molecule has 0 amide bonds. The molecule has 0 aliphatic heterocycles. The van der Waals surface area contributed by atoms with Gasteiger partial charge in [0.05, 0.1) is 16.8 Å². The van der Waals surface area contributed by atoms with Crippen LogP contribution >= 0.6 is 0 Å². The number of aromatic nitrogens is 2. The Kier molecular flexibility index (Phi) is 8.39. The molecule has 11 aromatic rings. The molecule has 3 heteroatoms. The van der Waals surface area contributed by atoms with Crippen LogP contribution in [0.3, 0.4) is 0 Å². The zero-order valence-electron chi connectivity index (χ0n) is 33.7. The van der Waals surface area contributed by atoms with Gasteiger partial charge in [-0.15, -0.1) is 0 Å². The Bertz CT molecular complexity index is 3410. The highest BCUT2D eigenvalue weighted by molar-refractivity contribution is 6.09. The third kappa shape index (κ3) is 5.59. The molecule has 0 N–H and O–H groups in total. The summed E-state index contributed by atoms with van der Waals surface area (Å²) in [7, 11) is 0. The molecule has 2 heterocycles. The lowest BCUT2D eigenvalue weighted by Gasteiger charge is -2.33. The van der Waals surface area contributed by atoms with E-state index in [1.807, 2.05) is 12.1 Å². The summed E-state index contributed by atoms with van der Waals surface area (Å²) in [6.07, 6.45) is 0. The van der Waals surface area contributed by atoms with Crippen LogP contribution in [-0.4, -0.2) is 9.97 Å². The molecule has 62 heavy (non-hydrogen) atoms. The van der Waals surface area contributed by atoms with Crippen LogP contribution in [0.2, 0.25) is 0 Å². The predicted octanol–water partition coefficient (Wildman–Crippen LogP) is 15.1. The van der Waals surface area contributed by atoms with Gasteiger partial charge in [-0.25, -0.2) is 9.97 Å². The zero-order chi connectivity index (χ0) is 41.0. The molecule has 1 aliphatic rings. The quantitative estimate of drug-likeness (QED) is 0.161. The fraction of sp³-hybridized carbons (Fsp3) is 0.0169. The Morgan fingerprint density at radius 3 is 1.63 bits per heavy atom. The van der Waals surface area contributed by atoms with Gasteiger partial charge in [0.25, 0.3) is 0 Å². The number of hydrogen-bond donors (Lipinski definition) is 0. The molecule has 0 fully saturated rings. The number of rotatable bonds is 7. The lowest BCUT2D eigenvalue weighted by molar-refractivity contribution is 0.670. The Morgan fingerprint density at radius 1 is 0.339 bits per heavy atom. The lowest BCUT2D eigenvalue weighted by Crippen LogP contribution is -2.28. The fourth-order valence-electron chi connectivity index (χ4n) is 9.91. The van der Waals surface area contributed by atoms with Crippen LogP contribution < -0.4 is 0 Å². The first-order valence-electron chi connectivity index (χ1n) is 21.2. The van der Waals surface area contributed by atoms with Crippen LogP contribution in [0, 0.1) is 0 Å². The molecule has 0 unspecified atom stereocenters. The molecule has 0 atom stereocenters. The van der Waals surface area contributed by atoms with Crippen molar-refractivity contribution in [1.29, 1.82) is 0 Å². The van der Waals surface area contributed by atoms with E-state index in [9.17, 15) is 0 Å². The third-order valence-corrected chi connectivity index (χ3v) is 12.6. The number of fused-ring (bicyclic) bond motifs is 6. The predicted molar refractivity (Wildman–Crippen MR) is 254 cm³/mol. The minimum Gasteiger partial charge on any atom is -0.455 e. The van der Waals surface area contributed by atoms with Crippen molar-refractivity contribution in [2.45, 2.75) is 5.41 Å². The second kappa shape index (κ2) is 14.5. The minimum absolute atomic E-state index is 0.557. The Labute approximate surface area is 360 Å². The number of hydrogen-bond acceptors (Lipinski definition) is 3. The first-order valence-corrected chi connectivity index (χ1v) is 21.2. The molecule has 0 saturated carbocycles. The topological polar surface area (TPSA) is 38.9 Å². The molecule has 9 aromatic carbocycles. The van der Waals surface area contributed by atoms with E-state index in [1.165, 1.54) is 27.8 Å². The van der Waals surface area contributed by atoms with Crippen LogP contribution in [0.5, 0.6) is 0 Å². The van der Waals surface area contributed by atoms with E-state index in [-0.39, 0.29) is 0 Å². The van der Waals surface area contributed by atoms with Crippen LogP contribution in [0.25, 0.3) is 89.2 Å². The summed E-state index contributed by atoms with van der Waals surface area (Å²) in [4.78, 5) is 11.2. The van der Waals surface area contributed by atoms with Gasteiger partial charge in [-0.1, -0.05) is 206 Å². The van der Waals surface area contributed by atoms with Gasteiger partial charge in [0, 0.05) is 27.5 Å². The standard InChI is InChI=1S/C59H38N2O/c1-5-19-39(20-6-1)41-35-36-44(50(37-41)40-21-7-2-8-22-40)53-38-54(48-30-17-29-46-45-27-14-16-34-55(45)62-57(46)48)61-58(60-53)49-31-18-33-52-56(49)47-28-13-15-32-51(47)59(52,42-23-9-3-10-24-42)43-25-11-4-12-26-43/h1-38H. The maximum Gasteiger partial charge on any atom is 0.161 e. The van der Waals surface area contributed by atoms with Gasteiger partial charge in [0.1, 0.15) is 11.2 Å². The van der Waals surface area contributed by atoms with Crippen LogP contribution in [0.1, 0.15) is 22.3 Å². The van der Waals surface area contributed by atoms with Crippen molar-refractivity contribution in [3.05, 3.63) is 253 Å². The SMILES string of the molecule is c1ccc(-c2ccc(-c3cc(-c4cccc5c4oc4ccccc45)nc(-c4cccc5c4-c4ccccc4C5(c4ccccc4)c4ccccc4)n3)c(-c3ccccc3)c2)cc1. The van der Waals surface area contributed by atoms with E-state index in [1.54, 1.807) is 0 Å². The summed E-state index contributed by atoms with van der Waals surface area (Å²) in [6.45, 7) is 0. The summed E-state index contributed by atoms with van der Waals surface area (Å²) >= 11 is 0. The number of para-hydroxylation sites is 2. The molecular weight excluding hydrogens is 753 g/mol. The minimum atomic E-state index is -0.557. The monoisotopic (exact) mass is 790 g/mol. The number of nitrogens with zero attached hydrogens (tertiary/aromatic N) is 2. The second-order valence-corrected chi connectivity index (χ2v) is 16.0. The van der Waals surface area contributed by atoms with Crippen molar-refractivity contribution in [2.75, 3.05) is 0 Å². The molecule has 2 aromatic heterocycles. The highest BCUT2D eigenvalue weighted by Crippen LogP contribution is 2.58. The molecule has 3 nitrogen and oxygen atoms in total. The zero-order valence-corrected chi connectivity index (χ0v) is 33.7. The first kappa shape index (κ1) is 35.8. The van der Waals surface area contributed by atoms with E-state index in [0.29, 0.717) is 5.82 Å². The van der Waals surface area contributed by atoms with Crippen LogP contribution in [-0.2, 0) is 5.41 Å². The van der Waals surface area contributed by atoms with E-state index >= 15 is 0 Å². The maximum absolute atomic E-state index is 6.67. The highest BCUT2D eigenvalue weighted by Gasteiger charge is 2.47. The fourth-order valence-corrected chi connectivity index (χ4v) is 9.91. The van der Waals surface area contributed by atoms with Crippen molar-refractivity contribution in [3.8, 4) is 67.3 Å². The van der Waals surface area contributed by atoms with E-state index in [0.717, 1.165) is 77.8 Å². The summed E-state index contributed by atoms with van der Waals surface area (Å²) in [5, 5.41) is 2.14. The Morgan fingerprint density at radius 2 is 0.887 bits per heavy atom. The summed E-state index contributed by atoms with van der Waals surface area (Å²) in [6, 6.07) is 82.1. The number of furan rings is 1. The first-order chi connectivity index (χ1) is 30.8. The van der Waals surface area contributed by atoms with Gasteiger partial charge >= 0.3 is 0 Å². The van der Waals surface area contributed by atoms with Crippen molar-refractivity contribution in [1.82, 2.24) is 9.97 Å². The summed E-state index contributed by atoms with van der Waals surface area (Å²) < 4.78 is 6.67. The van der Waals surface area contributed by atoms with Crippen LogP contribution in [0.15, 0.2) is 235 Å². The van der Waals surface area contributed by atoms with Crippen molar-refractivity contribution in [3.63, 3.8) is 0 Å². The number of benzene rings is 9. The van der Waals surface area contributed by atoms with Crippen molar-refractivity contribution < 1.29 is 4.42 Å². The molecular formula is C59H38N2O. The molecule has 290 valence electrons. The largest absolute Gasteiger partial charge is 0.455 e. The van der Waals surface area contributed by atoms with E-state index < -0.39 is 5.41 Å². The van der Waals surface area contributed by atoms with Gasteiger partial charge in [-0.3, -0.25) is 0 Å². The van der Waals surface area contributed by atoms with Gasteiger partial charge in [-0.2, -0.15) is 0 Å². The molecule has 0 saturated heterocycles. The van der Waals surface area contributed by atoms with E-state index in [2.05, 4.69) is 218 Å². The Balaban J connectivity index is 1.16. The molecule has 0 spiro atoms. The van der Waals surface area contributed by atoms with Gasteiger partial charge in [0.15, 0.2) is 5.82 Å². The maximum atomic E-state index is 6.67. The van der Waals surface area contributed by atoms with Crippen LogP contribution in [0.4, 0.5) is 0 Å². The normalized spacial score (nSPS) is 12.6. The lowest BCUT2D eigenvalue weighted by atomic mass is 9.67. The molecule has 1 aliphatic carbocycles. The average Bonchev–Trinajstić information content (AvgIpc) is 3.89. The van der Waals surface area contributed by atoms with Gasteiger partial charge < -0.3 is 4.42 Å². The van der Waals surface area contributed by atoms with Crippen molar-refractivity contribution in [2.24, 2.45) is 0 Å². The summed E-state index contributed by atoms with van der Waals surface area (Å²) in [5.41, 5.74) is 17.4. The van der Waals surface area contributed by atoms with Gasteiger partial charge in [-0.05, 0) is 79.9 Å². The average molecular weight is 791 g/mol. The van der Waals surface area contributed by atoms with Gasteiger partial charge in [0.2, 0.25) is 0 Å². The second-order valence-electron chi connectivity index (χ2n) is 16.0. The molecule has 12 rings (SSSR count). The Hall–Kier alpha value is -8.14. The molecule has 0 bridgehead atoms.